The Morgan fingerprint density at radius 2 is 1.18 bits per heavy atom. The molecule has 2 atom stereocenters. The SMILES string of the molecule is CC(C)(C)C(=O)Nc1ccc(C(=O)NNC(=O)[C@H](OC(=O)c2ccccc2Cl)[C@@H](OC(=O)c2ccccc2Cl)C(=O)O)cc1. The lowest BCUT2D eigenvalue weighted by atomic mass is 9.95. The highest BCUT2D eigenvalue weighted by molar-refractivity contribution is 6.34. The van der Waals surface area contributed by atoms with Crippen LogP contribution in [0.3, 0.4) is 0 Å². The number of rotatable bonds is 9. The molecular weight excluding hydrogens is 617 g/mol. The molecule has 4 N–H and O–H groups in total. The smallest absolute Gasteiger partial charge is 0.349 e. The molecule has 0 saturated carbocycles. The first-order valence-electron chi connectivity index (χ1n) is 12.8. The van der Waals surface area contributed by atoms with E-state index in [0.717, 1.165) is 0 Å². The fourth-order valence-corrected chi connectivity index (χ4v) is 3.82. The van der Waals surface area contributed by atoms with Crippen molar-refractivity contribution in [3.8, 4) is 0 Å². The first-order valence-corrected chi connectivity index (χ1v) is 13.6. The summed E-state index contributed by atoms with van der Waals surface area (Å²) < 4.78 is 10.2. The number of anilines is 1. The van der Waals surface area contributed by atoms with Gasteiger partial charge in [-0.25, -0.2) is 14.4 Å². The van der Waals surface area contributed by atoms with Crippen molar-refractivity contribution in [1.82, 2.24) is 10.9 Å². The molecule has 0 bridgehead atoms. The maximum Gasteiger partial charge on any atom is 0.349 e. The van der Waals surface area contributed by atoms with E-state index in [9.17, 15) is 33.9 Å². The standard InChI is InChI=1S/C30H27Cl2N3O9/c1-30(2,3)29(42)33-17-14-12-16(13-15-17)24(36)34-35-25(37)22(43-27(40)18-8-4-6-10-20(18)31)23(26(38)39)44-28(41)19-9-5-7-11-21(19)32/h4-15,22-23H,1-3H3,(H,33,42)(H,34,36)(H,35,37)(H,38,39)/t22-,23-/m1/s1. The highest BCUT2D eigenvalue weighted by Gasteiger charge is 2.41. The maximum absolute atomic E-state index is 13.2. The second kappa shape index (κ2) is 14.5. The number of halogens is 2. The molecule has 230 valence electrons. The Labute approximate surface area is 261 Å². The summed E-state index contributed by atoms with van der Waals surface area (Å²) >= 11 is 12.0. The number of hydrogen-bond acceptors (Lipinski definition) is 8. The maximum atomic E-state index is 13.2. The van der Waals surface area contributed by atoms with Crippen LogP contribution in [0.15, 0.2) is 72.8 Å². The third kappa shape index (κ3) is 8.79. The Balaban J connectivity index is 1.81. The molecule has 14 heteroatoms. The van der Waals surface area contributed by atoms with E-state index >= 15 is 0 Å². The second-order valence-electron chi connectivity index (χ2n) is 10.2. The van der Waals surface area contributed by atoms with Crippen LogP contribution < -0.4 is 16.2 Å². The molecule has 0 fully saturated rings. The fourth-order valence-electron chi connectivity index (χ4n) is 3.39. The number of carbonyl (C=O) groups is 6. The molecule has 0 heterocycles. The van der Waals surface area contributed by atoms with E-state index in [4.69, 9.17) is 32.7 Å². The molecule has 12 nitrogen and oxygen atoms in total. The minimum atomic E-state index is -2.38. The van der Waals surface area contributed by atoms with Gasteiger partial charge in [-0.05, 0) is 48.5 Å². The predicted molar refractivity (Wildman–Crippen MR) is 159 cm³/mol. The van der Waals surface area contributed by atoms with Gasteiger partial charge in [-0.2, -0.15) is 0 Å². The average molecular weight is 644 g/mol. The van der Waals surface area contributed by atoms with Crippen molar-refractivity contribution in [2.45, 2.75) is 33.0 Å². The molecule has 3 rings (SSSR count). The molecule has 3 aromatic rings. The minimum absolute atomic E-state index is 0.0450. The van der Waals surface area contributed by atoms with Gasteiger partial charge in [-0.15, -0.1) is 0 Å². The van der Waals surface area contributed by atoms with Crippen LogP contribution in [-0.2, 0) is 23.9 Å². The predicted octanol–water partition coefficient (Wildman–Crippen LogP) is 4.27. The molecule has 0 radical (unpaired) electrons. The fraction of sp³-hybridized carbons (Fsp3) is 0.200. The molecule has 3 aromatic carbocycles. The first kappa shape index (κ1) is 33.6. The van der Waals surface area contributed by atoms with Crippen LogP contribution in [0.4, 0.5) is 5.69 Å². The third-order valence-corrected chi connectivity index (χ3v) is 6.48. The van der Waals surface area contributed by atoms with Crippen LogP contribution in [0.2, 0.25) is 10.0 Å². The van der Waals surface area contributed by atoms with E-state index in [1.165, 1.54) is 72.8 Å². The Hall–Kier alpha value is -4.94. The first-order chi connectivity index (χ1) is 20.7. The largest absolute Gasteiger partial charge is 0.478 e. The van der Waals surface area contributed by atoms with Crippen LogP contribution in [0, 0.1) is 5.41 Å². The molecule has 0 saturated heterocycles. The van der Waals surface area contributed by atoms with Gasteiger partial charge in [0.25, 0.3) is 11.8 Å². The van der Waals surface area contributed by atoms with Gasteiger partial charge in [-0.3, -0.25) is 25.2 Å². The van der Waals surface area contributed by atoms with E-state index < -0.39 is 47.3 Å². The van der Waals surface area contributed by atoms with Crippen LogP contribution >= 0.6 is 23.2 Å². The lowest BCUT2D eigenvalue weighted by molar-refractivity contribution is -0.159. The second-order valence-corrected chi connectivity index (χ2v) is 11.0. The summed E-state index contributed by atoms with van der Waals surface area (Å²) in [7, 11) is 0. The van der Waals surface area contributed by atoms with E-state index in [2.05, 4.69) is 10.7 Å². The monoisotopic (exact) mass is 643 g/mol. The number of amides is 3. The summed E-state index contributed by atoms with van der Waals surface area (Å²) in [5.41, 5.74) is 3.44. The zero-order valence-corrected chi connectivity index (χ0v) is 25.1. The molecule has 0 aliphatic heterocycles. The summed E-state index contributed by atoms with van der Waals surface area (Å²) in [4.78, 5) is 75.9. The van der Waals surface area contributed by atoms with Crippen molar-refractivity contribution in [2.24, 2.45) is 5.41 Å². The van der Waals surface area contributed by atoms with Crippen molar-refractivity contribution < 1.29 is 43.3 Å². The highest BCUT2D eigenvalue weighted by atomic mass is 35.5. The minimum Gasteiger partial charge on any atom is -0.478 e. The Bertz CT molecular complexity index is 1590. The number of hydrogen-bond donors (Lipinski definition) is 4. The van der Waals surface area contributed by atoms with E-state index in [0.29, 0.717) is 5.69 Å². The Morgan fingerprint density at radius 1 is 0.705 bits per heavy atom. The summed E-state index contributed by atoms with van der Waals surface area (Å²) in [6, 6.07) is 16.8. The molecule has 0 spiro atoms. The number of hydrazine groups is 1. The lowest BCUT2D eigenvalue weighted by Gasteiger charge is -2.24. The normalized spacial score (nSPS) is 12.2. The lowest BCUT2D eigenvalue weighted by Crippen LogP contribution is -2.54. The van der Waals surface area contributed by atoms with E-state index in [1.54, 1.807) is 20.8 Å². The number of esters is 2. The Kier molecular flexibility index (Phi) is 11.1. The van der Waals surface area contributed by atoms with Gasteiger partial charge < -0.3 is 19.9 Å². The molecule has 0 aliphatic carbocycles. The summed E-state index contributed by atoms with van der Waals surface area (Å²) in [6.45, 7) is 5.20. The molecule has 0 aliphatic rings. The molecule has 0 aromatic heterocycles. The third-order valence-electron chi connectivity index (χ3n) is 5.82. The topological polar surface area (TPSA) is 177 Å². The number of ether oxygens (including phenoxy) is 2. The van der Waals surface area contributed by atoms with Crippen LogP contribution in [0.5, 0.6) is 0 Å². The number of carbonyl (C=O) groups excluding carboxylic acids is 5. The number of carboxylic acids is 1. The summed E-state index contributed by atoms with van der Waals surface area (Å²) in [5, 5.41) is 12.4. The number of benzene rings is 3. The number of nitrogens with one attached hydrogen (secondary N) is 3. The van der Waals surface area contributed by atoms with Crippen LogP contribution in [0.25, 0.3) is 0 Å². The van der Waals surface area contributed by atoms with Crippen LogP contribution in [0.1, 0.15) is 51.8 Å². The van der Waals surface area contributed by atoms with Gasteiger partial charge in [0, 0.05) is 16.7 Å². The van der Waals surface area contributed by atoms with E-state index in [-0.39, 0.29) is 32.6 Å². The number of aliphatic carboxylic acids is 1. The van der Waals surface area contributed by atoms with Gasteiger partial charge in [0.1, 0.15) is 0 Å². The van der Waals surface area contributed by atoms with Gasteiger partial charge in [0.05, 0.1) is 21.2 Å². The Morgan fingerprint density at radius 3 is 1.64 bits per heavy atom. The van der Waals surface area contributed by atoms with Crippen molar-refractivity contribution in [3.05, 3.63) is 99.5 Å². The summed E-state index contributed by atoms with van der Waals surface area (Å²) in [6.07, 6.45) is -4.69. The van der Waals surface area contributed by atoms with Crippen molar-refractivity contribution in [2.75, 3.05) is 5.32 Å². The van der Waals surface area contributed by atoms with Crippen molar-refractivity contribution >= 4 is 64.5 Å². The number of carboxylic acid groups (broad SMARTS) is 1. The van der Waals surface area contributed by atoms with Gasteiger partial charge in [0.2, 0.25) is 18.1 Å². The van der Waals surface area contributed by atoms with Crippen molar-refractivity contribution in [3.63, 3.8) is 0 Å². The average Bonchev–Trinajstić information content (AvgIpc) is 2.97. The highest BCUT2D eigenvalue weighted by Crippen LogP contribution is 2.21. The summed E-state index contributed by atoms with van der Waals surface area (Å²) in [5.74, 6) is -6.73. The zero-order valence-electron chi connectivity index (χ0n) is 23.6. The molecular formula is C30H27Cl2N3O9. The zero-order chi connectivity index (χ0) is 32.6. The van der Waals surface area contributed by atoms with Crippen molar-refractivity contribution in [1.29, 1.82) is 0 Å². The van der Waals surface area contributed by atoms with Gasteiger partial charge in [0.15, 0.2) is 0 Å². The van der Waals surface area contributed by atoms with E-state index in [1.807, 2.05) is 5.43 Å². The molecule has 44 heavy (non-hydrogen) atoms. The van der Waals surface area contributed by atoms with Gasteiger partial charge >= 0.3 is 17.9 Å². The molecule has 3 amide bonds. The van der Waals surface area contributed by atoms with Gasteiger partial charge in [-0.1, -0.05) is 68.2 Å². The quantitative estimate of drug-likeness (QED) is 0.196. The molecule has 0 unspecified atom stereocenters. The van der Waals surface area contributed by atoms with Crippen LogP contribution in [-0.4, -0.2) is 52.9 Å².